The van der Waals surface area contributed by atoms with Gasteiger partial charge in [0.1, 0.15) is 0 Å². The molecule has 0 unspecified atom stereocenters. The van der Waals surface area contributed by atoms with E-state index in [-0.39, 0.29) is 35.0 Å². The van der Waals surface area contributed by atoms with Gasteiger partial charge >= 0.3 is 6.18 Å². The number of pyridine rings is 1. The van der Waals surface area contributed by atoms with E-state index in [1.165, 1.54) is 30.3 Å². The van der Waals surface area contributed by atoms with Crippen molar-refractivity contribution in [2.45, 2.75) is 24.9 Å². The van der Waals surface area contributed by atoms with Crippen molar-refractivity contribution in [3.63, 3.8) is 0 Å². The second kappa shape index (κ2) is 6.38. The molecular weight excluding hydrogens is 395 g/mol. The number of hydrogen-bond acceptors (Lipinski definition) is 3. The molecule has 3 aromatic rings. The van der Waals surface area contributed by atoms with Crippen LogP contribution >= 0.6 is 11.6 Å². The molecule has 0 bridgehead atoms. The monoisotopic (exact) mass is 407 g/mol. The Bertz CT molecular complexity index is 1170. The van der Waals surface area contributed by atoms with Crippen molar-refractivity contribution >= 4 is 28.3 Å². The maximum Gasteiger partial charge on any atom is 0.416 e. The molecule has 28 heavy (non-hydrogen) atoms. The fourth-order valence-corrected chi connectivity index (χ4v) is 3.85. The number of rotatable bonds is 1. The Labute approximate surface area is 161 Å². The maximum atomic E-state index is 12.8. The summed E-state index contributed by atoms with van der Waals surface area (Å²) >= 11 is 5.92. The number of fused-ring (bicyclic) bond motifs is 2. The molecule has 1 aliphatic carbocycles. The van der Waals surface area contributed by atoms with Crippen LogP contribution in [0.5, 0.6) is 0 Å². The molecule has 2 aromatic carbocycles. The average molecular weight is 408 g/mol. The van der Waals surface area contributed by atoms with Gasteiger partial charge in [0.15, 0.2) is 5.78 Å². The van der Waals surface area contributed by atoms with Crippen LogP contribution in [-0.4, -0.2) is 15.7 Å². The Morgan fingerprint density at radius 1 is 1.04 bits per heavy atom. The lowest BCUT2D eigenvalue weighted by Gasteiger charge is -2.25. The van der Waals surface area contributed by atoms with Gasteiger partial charge in [-0.3, -0.25) is 9.59 Å². The Kier molecular flexibility index (Phi) is 4.23. The standard InChI is InChI=1S/C20H13ClF3NO3/c21-13-5-6-15-14(9-13)19(27)18-16(25(15)28)7-11(8-17(18)26)10-1-3-12(4-2-10)20(22,23)24/h1-6,9,11,28H,7-8H2/t11-/m0/s1. The van der Waals surface area contributed by atoms with E-state index in [4.69, 9.17) is 11.6 Å². The summed E-state index contributed by atoms with van der Waals surface area (Å²) < 4.78 is 39.1. The van der Waals surface area contributed by atoms with Gasteiger partial charge in [0.25, 0.3) is 0 Å². The van der Waals surface area contributed by atoms with Crippen molar-refractivity contribution in [2.24, 2.45) is 0 Å². The number of ketones is 1. The molecule has 1 atom stereocenters. The largest absolute Gasteiger partial charge is 0.428 e. The molecule has 1 N–H and O–H groups in total. The molecule has 4 nitrogen and oxygen atoms in total. The third-order valence-corrected chi connectivity index (χ3v) is 5.30. The van der Waals surface area contributed by atoms with Crippen molar-refractivity contribution in [3.05, 3.63) is 80.1 Å². The highest BCUT2D eigenvalue weighted by Crippen LogP contribution is 2.35. The first-order chi connectivity index (χ1) is 13.2. The number of carbonyl (C=O) groups excluding carboxylic acids is 1. The molecule has 0 saturated carbocycles. The Morgan fingerprint density at radius 3 is 2.36 bits per heavy atom. The van der Waals surface area contributed by atoms with Crippen LogP contribution in [0, 0.1) is 0 Å². The van der Waals surface area contributed by atoms with E-state index >= 15 is 0 Å². The summed E-state index contributed by atoms with van der Waals surface area (Å²) in [6.07, 6.45) is -4.32. The third-order valence-electron chi connectivity index (χ3n) is 5.06. The van der Waals surface area contributed by atoms with Crippen LogP contribution in [0.1, 0.15) is 39.5 Å². The molecule has 1 aliphatic rings. The third kappa shape index (κ3) is 2.96. The molecule has 0 fully saturated rings. The van der Waals surface area contributed by atoms with Gasteiger partial charge in [0, 0.05) is 11.4 Å². The second-order valence-corrected chi connectivity index (χ2v) is 7.21. The van der Waals surface area contributed by atoms with Crippen LogP contribution < -0.4 is 5.43 Å². The lowest BCUT2D eigenvalue weighted by molar-refractivity contribution is -0.137. The number of carbonyl (C=O) groups is 1. The van der Waals surface area contributed by atoms with Gasteiger partial charge < -0.3 is 5.21 Å². The summed E-state index contributed by atoms with van der Waals surface area (Å²) in [5.74, 6) is -0.898. The summed E-state index contributed by atoms with van der Waals surface area (Å²) in [5, 5.41) is 11.0. The van der Waals surface area contributed by atoms with Crippen LogP contribution in [-0.2, 0) is 12.6 Å². The van der Waals surface area contributed by atoms with Crippen molar-refractivity contribution in [1.29, 1.82) is 0 Å². The molecule has 8 heteroatoms. The lowest BCUT2D eigenvalue weighted by Crippen LogP contribution is -2.30. The maximum absolute atomic E-state index is 12.8. The van der Waals surface area contributed by atoms with Crippen molar-refractivity contribution in [2.75, 3.05) is 0 Å². The average Bonchev–Trinajstić information content (AvgIpc) is 2.65. The van der Waals surface area contributed by atoms with E-state index in [1.807, 2.05) is 0 Å². The van der Waals surface area contributed by atoms with Crippen LogP contribution in [0.15, 0.2) is 47.3 Å². The van der Waals surface area contributed by atoms with Gasteiger partial charge in [0.2, 0.25) is 5.43 Å². The molecule has 0 aliphatic heterocycles. The SMILES string of the molecule is O=C1C[C@@H](c2ccc(C(F)(F)F)cc2)Cc2c1c(=O)c1cc(Cl)ccc1n2O. The smallest absolute Gasteiger partial charge is 0.416 e. The number of hydrogen-bond donors (Lipinski definition) is 1. The number of nitrogens with zero attached hydrogens (tertiary/aromatic N) is 1. The summed E-state index contributed by atoms with van der Waals surface area (Å²) in [6, 6.07) is 8.96. The molecule has 1 aromatic heterocycles. The fourth-order valence-electron chi connectivity index (χ4n) is 3.68. The normalized spacial score (nSPS) is 17.0. The van der Waals surface area contributed by atoms with Crippen molar-refractivity contribution in [3.8, 4) is 0 Å². The van der Waals surface area contributed by atoms with Gasteiger partial charge in [-0.05, 0) is 48.2 Å². The second-order valence-electron chi connectivity index (χ2n) is 6.77. The zero-order valence-corrected chi connectivity index (χ0v) is 15.0. The Balaban J connectivity index is 1.80. The summed E-state index contributed by atoms with van der Waals surface area (Å²) in [7, 11) is 0. The predicted octanol–water partition coefficient (Wildman–Crippen LogP) is 4.82. The fraction of sp³-hybridized carbons (Fsp3) is 0.200. The highest BCUT2D eigenvalue weighted by atomic mass is 35.5. The van der Waals surface area contributed by atoms with Crippen LogP contribution in [0.2, 0.25) is 5.02 Å². The highest BCUT2D eigenvalue weighted by molar-refractivity contribution is 6.31. The van der Waals surface area contributed by atoms with Gasteiger partial charge in [-0.25, -0.2) is 0 Å². The van der Waals surface area contributed by atoms with Gasteiger partial charge in [0.05, 0.1) is 27.7 Å². The van der Waals surface area contributed by atoms with Crippen LogP contribution in [0.25, 0.3) is 10.9 Å². The van der Waals surface area contributed by atoms with E-state index in [0.717, 1.165) is 16.9 Å². The zero-order valence-electron chi connectivity index (χ0n) is 14.3. The van der Waals surface area contributed by atoms with E-state index in [1.54, 1.807) is 0 Å². The van der Waals surface area contributed by atoms with Crippen molar-refractivity contribution < 1.29 is 23.2 Å². The summed E-state index contributed by atoms with van der Waals surface area (Å²) in [5.41, 5.74) is -0.472. The molecule has 0 saturated heterocycles. The zero-order chi connectivity index (χ0) is 20.2. The first-order valence-electron chi connectivity index (χ1n) is 8.43. The quantitative estimate of drug-likeness (QED) is 0.588. The predicted molar refractivity (Wildman–Crippen MR) is 97.2 cm³/mol. The van der Waals surface area contributed by atoms with Crippen LogP contribution in [0.4, 0.5) is 13.2 Å². The van der Waals surface area contributed by atoms with E-state index in [0.29, 0.717) is 10.6 Å². The molecule has 144 valence electrons. The minimum atomic E-state index is -4.45. The van der Waals surface area contributed by atoms with E-state index in [2.05, 4.69) is 0 Å². The highest BCUT2D eigenvalue weighted by Gasteiger charge is 2.33. The van der Waals surface area contributed by atoms with Gasteiger partial charge in [-0.1, -0.05) is 23.7 Å². The van der Waals surface area contributed by atoms with Crippen molar-refractivity contribution in [1.82, 2.24) is 4.73 Å². The molecule has 4 rings (SSSR count). The molecule has 0 radical (unpaired) electrons. The Hall–Kier alpha value is -2.80. The summed E-state index contributed by atoms with van der Waals surface area (Å²) in [4.78, 5) is 25.4. The van der Waals surface area contributed by atoms with Gasteiger partial charge in [-0.2, -0.15) is 17.9 Å². The molecule has 0 spiro atoms. The lowest BCUT2D eigenvalue weighted by atomic mass is 9.81. The minimum Gasteiger partial charge on any atom is -0.428 e. The molecule has 0 amide bonds. The Morgan fingerprint density at radius 2 is 1.71 bits per heavy atom. The summed E-state index contributed by atoms with van der Waals surface area (Å²) in [6.45, 7) is 0. The first-order valence-corrected chi connectivity index (χ1v) is 8.81. The number of Topliss-reactive ketones (excluding diaryl/α,β-unsaturated/α-hetero) is 1. The topological polar surface area (TPSA) is 59.3 Å². The number of benzene rings is 2. The molecular formula is C20H13ClF3NO3. The van der Waals surface area contributed by atoms with E-state index in [9.17, 15) is 28.0 Å². The van der Waals surface area contributed by atoms with Gasteiger partial charge in [-0.15, -0.1) is 0 Å². The number of aromatic nitrogens is 1. The van der Waals surface area contributed by atoms with Crippen LogP contribution in [0.3, 0.4) is 0 Å². The molecule has 1 heterocycles. The minimum absolute atomic E-state index is 0.0281. The van der Waals surface area contributed by atoms with E-state index < -0.39 is 28.9 Å². The first kappa shape index (κ1) is 18.6. The number of alkyl halides is 3. The number of halogens is 4.